The third-order valence-corrected chi connectivity index (χ3v) is 5.84. The van der Waals surface area contributed by atoms with E-state index in [0.29, 0.717) is 24.7 Å². The average molecular weight is 381 g/mol. The summed E-state index contributed by atoms with van der Waals surface area (Å²) in [6.45, 7) is 7.05. The molecule has 5 heteroatoms. The van der Waals surface area contributed by atoms with Gasteiger partial charge >= 0.3 is 0 Å². The van der Waals surface area contributed by atoms with Gasteiger partial charge in [0, 0.05) is 31.9 Å². The van der Waals surface area contributed by atoms with Crippen molar-refractivity contribution in [1.82, 2.24) is 5.32 Å². The van der Waals surface area contributed by atoms with Crippen LogP contribution in [0, 0.1) is 17.7 Å². The number of para-hydroxylation sites is 2. The van der Waals surface area contributed by atoms with Crippen LogP contribution < -0.4 is 15.1 Å². The van der Waals surface area contributed by atoms with Crippen molar-refractivity contribution in [3.8, 4) is 0 Å². The summed E-state index contributed by atoms with van der Waals surface area (Å²) in [5.41, 5.74) is 3.07. The summed E-state index contributed by atoms with van der Waals surface area (Å²) in [6.07, 6.45) is 0.729. The maximum atomic E-state index is 14.4. The monoisotopic (exact) mass is 381 g/mol. The molecule has 4 nitrogen and oxygen atoms in total. The summed E-state index contributed by atoms with van der Waals surface area (Å²) in [6, 6.07) is 15.3. The van der Waals surface area contributed by atoms with Crippen LogP contribution in [0.3, 0.4) is 0 Å². The van der Waals surface area contributed by atoms with Crippen LogP contribution in [0.4, 0.5) is 15.8 Å². The molecule has 1 fully saturated rings. The molecule has 2 aromatic carbocycles. The van der Waals surface area contributed by atoms with Crippen LogP contribution >= 0.6 is 0 Å². The fourth-order valence-electron chi connectivity index (χ4n) is 4.42. The molecule has 4 rings (SSSR count). The summed E-state index contributed by atoms with van der Waals surface area (Å²) in [5, 5.41) is 3.12. The number of nitrogens with zero attached hydrogens (tertiary/aromatic N) is 2. The van der Waals surface area contributed by atoms with Crippen molar-refractivity contribution in [3.05, 3.63) is 59.9 Å². The maximum absolute atomic E-state index is 14.4. The van der Waals surface area contributed by atoms with Crippen molar-refractivity contribution in [2.45, 2.75) is 26.3 Å². The van der Waals surface area contributed by atoms with Crippen molar-refractivity contribution < 1.29 is 9.18 Å². The highest BCUT2D eigenvalue weighted by Crippen LogP contribution is 2.37. The summed E-state index contributed by atoms with van der Waals surface area (Å²) < 4.78 is 14.4. The number of carbonyl (C=O) groups excluding carboxylic acids is 1. The zero-order valence-electron chi connectivity index (χ0n) is 16.6. The molecule has 0 spiro atoms. The lowest BCUT2D eigenvalue weighted by atomic mass is 9.83. The van der Waals surface area contributed by atoms with Crippen molar-refractivity contribution in [2.75, 3.05) is 36.0 Å². The lowest BCUT2D eigenvalue weighted by molar-refractivity contribution is -0.126. The molecule has 148 valence electrons. The summed E-state index contributed by atoms with van der Waals surface area (Å²) in [4.78, 5) is 17.5. The molecule has 2 aliphatic rings. The topological polar surface area (TPSA) is 35.6 Å². The Morgan fingerprint density at radius 1 is 1.11 bits per heavy atom. The minimum atomic E-state index is -0.201. The second kappa shape index (κ2) is 7.82. The Morgan fingerprint density at radius 2 is 1.82 bits per heavy atom. The highest BCUT2D eigenvalue weighted by Gasteiger charge is 2.41. The minimum Gasteiger partial charge on any atom is -0.365 e. The van der Waals surface area contributed by atoms with Gasteiger partial charge in [-0.05, 0) is 36.1 Å². The van der Waals surface area contributed by atoms with E-state index in [4.69, 9.17) is 0 Å². The average Bonchev–Trinajstić information content (AvgIpc) is 2.71. The van der Waals surface area contributed by atoms with Gasteiger partial charge in [0.25, 0.3) is 0 Å². The van der Waals surface area contributed by atoms with Crippen molar-refractivity contribution in [3.63, 3.8) is 0 Å². The van der Waals surface area contributed by atoms with E-state index >= 15 is 0 Å². The second-order valence-corrected chi connectivity index (χ2v) is 8.24. The number of halogens is 1. The molecule has 2 aliphatic heterocycles. The van der Waals surface area contributed by atoms with Gasteiger partial charge in [0.15, 0.2) is 0 Å². The van der Waals surface area contributed by atoms with E-state index in [1.807, 2.05) is 18.2 Å². The van der Waals surface area contributed by atoms with Gasteiger partial charge in [-0.1, -0.05) is 44.2 Å². The van der Waals surface area contributed by atoms with E-state index in [2.05, 4.69) is 47.2 Å². The van der Waals surface area contributed by atoms with Gasteiger partial charge < -0.3 is 15.1 Å². The fraction of sp³-hybridized carbons (Fsp3) is 0.435. The van der Waals surface area contributed by atoms with Crippen LogP contribution in [0.25, 0.3) is 0 Å². The number of anilines is 2. The smallest absolute Gasteiger partial charge is 0.225 e. The molecule has 1 saturated heterocycles. The zero-order valence-corrected chi connectivity index (χ0v) is 16.6. The number of nitrogens with one attached hydrogen (secondary N) is 1. The largest absolute Gasteiger partial charge is 0.365 e. The molecular formula is C23H28FN3O. The number of hydrogen-bond acceptors (Lipinski definition) is 3. The van der Waals surface area contributed by atoms with Gasteiger partial charge in [-0.25, -0.2) is 4.39 Å². The van der Waals surface area contributed by atoms with Crippen LogP contribution in [0.2, 0.25) is 0 Å². The standard InChI is InChI=1S/C23H28FN3O/c1-16(2)14-25-23(28)18-13-17-7-3-5-9-20(17)27-12-11-26(15-22(18)27)21-10-6-4-8-19(21)24/h3-10,16,18,22H,11-15H2,1-2H3,(H,25,28)/t18-,22+/m1/s1. The Kier molecular flexibility index (Phi) is 5.25. The predicted octanol–water partition coefficient (Wildman–Crippen LogP) is 3.47. The number of benzene rings is 2. The number of fused-ring (bicyclic) bond motifs is 3. The van der Waals surface area contributed by atoms with Crippen molar-refractivity contribution in [2.24, 2.45) is 11.8 Å². The number of rotatable bonds is 4. The van der Waals surface area contributed by atoms with E-state index in [-0.39, 0.29) is 23.7 Å². The molecule has 0 aliphatic carbocycles. The molecule has 0 radical (unpaired) electrons. The highest BCUT2D eigenvalue weighted by molar-refractivity contribution is 5.82. The maximum Gasteiger partial charge on any atom is 0.225 e. The van der Waals surface area contributed by atoms with Crippen LogP contribution in [0.5, 0.6) is 0 Å². The minimum absolute atomic E-state index is 0.0374. The van der Waals surface area contributed by atoms with Crippen molar-refractivity contribution >= 4 is 17.3 Å². The molecule has 0 unspecified atom stereocenters. The van der Waals surface area contributed by atoms with E-state index in [1.54, 1.807) is 6.07 Å². The molecule has 0 aromatic heterocycles. The number of hydrogen-bond donors (Lipinski definition) is 1. The van der Waals surface area contributed by atoms with E-state index in [0.717, 1.165) is 19.5 Å². The van der Waals surface area contributed by atoms with Gasteiger partial charge in [-0.3, -0.25) is 4.79 Å². The molecule has 1 N–H and O–H groups in total. The predicted molar refractivity (Wildman–Crippen MR) is 111 cm³/mol. The summed E-state index contributed by atoms with van der Waals surface area (Å²) in [7, 11) is 0. The van der Waals surface area contributed by atoms with Crippen LogP contribution in [0.15, 0.2) is 48.5 Å². The molecule has 0 bridgehead atoms. The first-order valence-corrected chi connectivity index (χ1v) is 10.2. The normalized spacial score (nSPS) is 21.3. The van der Waals surface area contributed by atoms with E-state index in [1.165, 1.54) is 17.3 Å². The van der Waals surface area contributed by atoms with E-state index in [9.17, 15) is 9.18 Å². The van der Waals surface area contributed by atoms with E-state index < -0.39 is 0 Å². The zero-order chi connectivity index (χ0) is 19.7. The molecular weight excluding hydrogens is 353 g/mol. The van der Waals surface area contributed by atoms with Gasteiger partial charge in [0.05, 0.1) is 17.6 Å². The molecule has 2 atom stereocenters. The molecule has 2 aromatic rings. The number of piperazine rings is 1. The Hall–Kier alpha value is -2.56. The third-order valence-electron chi connectivity index (χ3n) is 5.84. The van der Waals surface area contributed by atoms with Gasteiger partial charge in [0.2, 0.25) is 5.91 Å². The van der Waals surface area contributed by atoms with Crippen LogP contribution in [-0.4, -0.2) is 38.1 Å². The summed E-state index contributed by atoms with van der Waals surface area (Å²) >= 11 is 0. The second-order valence-electron chi connectivity index (χ2n) is 8.24. The Labute approximate surface area is 166 Å². The third kappa shape index (κ3) is 3.58. The highest BCUT2D eigenvalue weighted by atomic mass is 19.1. The first kappa shape index (κ1) is 18.8. The first-order chi connectivity index (χ1) is 13.5. The van der Waals surface area contributed by atoms with Crippen molar-refractivity contribution in [1.29, 1.82) is 0 Å². The Morgan fingerprint density at radius 3 is 2.57 bits per heavy atom. The SMILES string of the molecule is CC(C)CNC(=O)[C@@H]1Cc2ccccc2N2CCN(c3ccccc3F)C[C@@H]12. The Bertz CT molecular complexity index is 853. The lowest BCUT2D eigenvalue weighted by Crippen LogP contribution is -2.61. The molecule has 1 amide bonds. The van der Waals surface area contributed by atoms with Gasteiger partial charge in [-0.2, -0.15) is 0 Å². The van der Waals surface area contributed by atoms with Gasteiger partial charge in [-0.15, -0.1) is 0 Å². The molecule has 0 saturated carbocycles. The molecule has 28 heavy (non-hydrogen) atoms. The van der Waals surface area contributed by atoms with Gasteiger partial charge in [0.1, 0.15) is 5.82 Å². The number of carbonyl (C=O) groups is 1. The summed E-state index contributed by atoms with van der Waals surface area (Å²) in [5.74, 6) is 0.182. The number of amides is 1. The fourth-order valence-corrected chi connectivity index (χ4v) is 4.42. The lowest BCUT2D eigenvalue weighted by Gasteiger charge is -2.49. The van der Waals surface area contributed by atoms with Crippen LogP contribution in [-0.2, 0) is 11.2 Å². The Balaban J connectivity index is 1.63. The quantitative estimate of drug-likeness (QED) is 0.881. The van der Waals surface area contributed by atoms with Crippen LogP contribution in [0.1, 0.15) is 19.4 Å². The molecule has 2 heterocycles. The first-order valence-electron chi connectivity index (χ1n) is 10.2.